The second-order valence-electron chi connectivity index (χ2n) is 5.21. The van der Waals surface area contributed by atoms with Crippen molar-refractivity contribution >= 4 is 40.3 Å². The zero-order valence-corrected chi connectivity index (χ0v) is 14.6. The van der Waals surface area contributed by atoms with E-state index in [4.69, 9.17) is 16.6 Å². The number of carbonyl (C=O) groups is 1. The molecule has 1 aromatic heterocycles. The Morgan fingerprint density at radius 2 is 2.04 bits per heavy atom. The first-order chi connectivity index (χ1) is 11.8. The van der Waals surface area contributed by atoms with Crippen molar-refractivity contribution in [1.82, 2.24) is 4.90 Å². The van der Waals surface area contributed by atoms with Crippen LogP contribution < -0.4 is 0 Å². The van der Waals surface area contributed by atoms with Gasteiger partial charge in [0.05, 0.1) is 10.5 Å². The van der Waals surface area contributed by atoms with Gasteiger partial charge in [-0.15, -0.1) is 0 Å². The summed E-state index contributed by atoms with van der Waals surface area (Å²) in [5, 5.41) is 0. The predicted octanol–water partition coefficient (Wildman–Crippen LogP) is 5.19. The number of furan rings is 1. The summed E-state index contributed by atoms with van der Waals surface area (Å²) in [6, 6.07) is 8.07. The summed E-state index contributed by atoms with van der Waals surface area (Å²) in [4.78, 5) is 14.1. The number of likely N-dealkylation sites (N-methyl/N-ethyl adjacent to an activating group) is 1. The first-order valence-electron chi connectivity index (χ1n) is 7.32. The number of amides is 1. The fourth-order valence-electron chi connectivity index (χ4n) is 2.34. The molecular weight excluding hydrogens is 371 g/mol. The van der Waals surface area contributed by atoms with Crippen LogP contribution in [0.4, 0.5) is 13.2 Å². The molecule has 8 heteroatoms. The summed E-state index contributed by atoms with van der Waals surface area (Å²) in [5.41, 5.74) is -0.428. The molecule has 3 nitrogen and oxygen atoms in total. The van der Waals surface area contributed by atoms with E-state index in [1.165, 1.54) is 28.8 Å². The number of thioether (sulfide) groups is 1. The lowest BCUT2D eigenvalue weighted by molar-refractivity contribution is -0.137. The van der Waals surface area contributed by atoms with Crippen LogP contribution in [0.1, 0.15) is 18.2 Å². The number of rotatable bonds is 3. The van der Waals surface area contributed by atoms with Gasteiger partial charge in [0.1, 0.15) is 15.8 Å². The number of hydrogen-bond donors (Lipinski definition) is 0. The molecule has 2 aromatic rings. The maximum atomic E-state index is 12.8. The number of hydrogen-bond acceptors (Lipinski definition) is 4. The molecule has 0 N–H and O–H groups in total. The second-order valence-corrected chi connectivity index (χ2v) is 6.88. The number of alkyl halides is 3. The predicted molar refractivity (Wildman–Crippen MR) is 94.7 cm³/mol. The van der Waals surface area contributed by atoms with Gasteiger partial charge in [0.2, 0.25) is 0 Å². The van der Waals surface area contributed by atoms with E-state index in [1.54, 1.807) is 18.2 Å². The zero-order chi connectivity index (χ0) is 18.2. The highest BCUT2D eigenvalue weighted by molar-refractivity contribution is 8.26. The fourth-order valence-corrected chi connectivity index (χ4v) is 3.70. The van der Waals surface area contributed by atoms with E-state index in [0.717, 1.165) is 12.1 Å². The maximum Gasteiger partial charge on any atom is 0.416 e. The van der Waals surface area contributed by atoms with E-state index < -0.39 is 11.7 Å². The number of halogens is 3. The highest BCUT2D eigenvalue weighted by Gasteiger charge is 2.31. The van der Waals surface area contributed by atoms with Crippen molar-refractivity contribution in [2.75, 3.05) is 6.54 Å². The smallest absolute Gasteiger partial charge is 0.416 e. The molecule has 1 fully saturated rings. The normalized spacial score (nSPS) is 17.0. The minimum absolute atomic E-state index is 0.200. The largest absolute Gasteiger partial charge is 0.457 e. The summed E-state index contributed by atoms with van der Waals surface area (Å²) < 4.78 is 44.5. The van der Waals surface area contributed by atoms with Crippen molar-refractivity contribution in [3.63, 3.8) is 0 Å². The van der Waals surface area contributed by atoms with Crippen molar-refractivity contribution in [2.24, 2.45) is 0 Å². The van der Waals surface area contributed by atoms with Gasteiger partial charge in [-0.25, -0.2) is 0 Å². The SMILES string of the molecule is CCN1C(=O)/C(=C/c2ccc(-c3cccc(C(F)(F)F)c3)o2)SC1=S. The van der Waals surface area contributed by atoms with Crippen LogP contribution in [-0.2, 0) is 11.0 Å². The topological polar surface area (TPSA) is 33.5 Å². The van der Waals surface area contributed by atoms with Crippen molar-refractivity contribution < 1.29 is 22.4 Å². The molecule has 1 aliphatic rings. The Bertz CT molecular complexity index is 871. The van der Waals surface area contributed by atoms with Gasteiger partial charge in [0, 0.05) is 18.2 Å². The zero-order valence-electron chi connectivity index (χ0n) is 13.0. The minimum atomic E-state index is -4.42. The summed E-state index contributed by atoms with van der Waals surface area (Å²) in [6.07, 6.45) is -2.87. The molecule has 0 bridgehead atoms. The van der Waals surface area contributed by atoms with Crippen LogP contribution in [0.2, 0.25) is 0 Å². The average Bonchev–Trinajstić information content (AvgIpc) is 3.12. The van der Waals surface area contributed by atoms with Crippen LogP contribution in [0, 0.1) is 0 Å². The lowest BCUT2D eigenvalue weighted by Crippen LogP contribution is -2.27. The standard InChI is InChI=1S/C17H12F3NO2S2/c1-2-21-15(22)14(25-16(21)24)9-12-6-7-13(23-12)10-4-3-5-11(8-10)17(18,19)20/h3-9H,2H2,1H3/b14-9-. The third kappa shape index (κ3) is 3.64. The van der Waals surface area contributed by atoms with Crippen LogP contribution in [0.3, 0.4) is 0 Å². The Kier molecular flexibility index (Phi) is 4.75. The third-order valence-corrected chi connectivity index (χ3v) is 4.94. The second kappa shape index (κ2) is 6.68. The molecule has 0 aliphatic carbocycles. The Morgan fingerprint density at radius 3 is 2.68 bits per heavy atom. The monoisotopic (exact) mass is 383 g/mol. The van der Waals surface area contributed by atoms with E-state index in [0.29, 0.717) is 32.9 Å². The Labute approximate surface area is 151 Å². The average molecular weight is 383 g/mol. The lowest BCUT2D eigenvalue weighted by atomic mass is 10.1. The number of benzene rings is 1. The van der Waals surface area contributed by atoms with Gasteiger partial charge < -0.3 is 4.42 Å². The molecular formula is C17H12F3NO2S2. The van der Waals surface area contributed by atoms with Gasteiger partial charge in [-0.3, -0.25) is 9.69 Å². The van der Waals surface area contributed by atoms with Gasteiger partial charge >= 0.3 is 6.18 Å². The van der Waals surface area contributed by atoms with Gasteiger partial charge in [-0.05, 0) is 31.2 Å². The van der Waals surface area contributed by atoms with E-state index in [-0.39, 0.29) is 5.91 Å². The molecule has 0 spiro atoms. The Balaban J connectivity index is 1.88. The van der Waals surface area contributed by atoms with Crippen molar-refractivity contribution in [1.29, 1.82) is 0 Å². The van der Waals surface area contributed by atoms with E-state index in [2.05, 4.69) is 0 Å². The summed E-state index contributed by atoms with van der Waals surface area (Å²) in [7, 11) is 0. The van der Waals surface area contributed by atoms with Crippen LogP contribution in [0.25, 0.3) is 17.4 Å². The molecule has 25 heavy (non-hydrogen) atoms. The molecule has 130 valence electrons. The molecule has 0 unspecified atom stereocenters. The first-order valence-corrected chi connectivity index (χ1v) is 8.55. The van der Waals surface area contributed by atoms with E-state index >= 15 is 0 Å². The number of carbonyl (C=O) groups excluding carboxylic acids is 1. The Morgan fingerprint density at radius 1 is 1.28 bits per heavy atom. The quantitative estimate of drug-likeness (QED) is 0.540. The Hall–Kier alpha value is -2.06. The van der Waals surface area contributed by atoms with Crippen LogP contribution in [0.15, 0.2) is 45.7 Å². The number of thiocarbonyl (C=S) groups is 1. The van der Waals surface area contributed by atoms with E-state index in [9.17, 15) is 18.0 Å². The summed E-state index contributed by atoms with van der Waals surface area (Å²) in [6.45, 7) is 2.31. The van der Waals surface area contributed by atoms with E-state index in [1.807, 2.05) is 6.92 Å². The van der Waals surface area contributed by atoms with Gasteiger partial charge in [0.25, 0.3) is 5.91 Å². The summed E-state index contributed by atoms with van der Waals surface area (Å²) >= 11 is 6.30. The van der Waals surface area contributed by atoms with Gasteiger partial charge in [-0.2, -0.15) is 13.2 Å². The van der Waals surface area contributed by atoms with Crippen molar-refractivity contribution in [3.8, 4) is 11.3 Å². The summed E-state index contributed by atoms with van der Waals surface area (Å²) in [5.74, 6) is 0.474. The van der Waals surface area contributed by atoms with Gasteiger partial charge in [0.15, 0.2) is 0 Å². The number of nitrogens with zero attached hydrogens (tertiary/aromatic N) is 1. The molecule has 1 saturated heterocycles. The minimum Gasteiger partial charge on any atom is -0.457 e. The highest BCUT2D eigenvalue weighted by Crippen LogP contribution is 2.35. The molecule has 0 saturated carbocycles. The van der Waals surface area contributed by atoms with Crippen LogP contribution in [-0.4, -0.2) is 21.7 Å². The molecule has 1 aliphatic heterocycles. The lowest BCUT2D eigenvalue weighted by Gasteiger charge is -2.09. The first kappa shape index (κ1) is 17.8. The molecule has 0 radical (unpaired) electrons. The van der Waals surface area contributed by atoms with Crippen molar-refractivity contribution in [3.05, 3.63) is 52.6 Å². The molecule has 0 atom stereocenters. The molecule has 3 rings (SSSR count). The van der Waals surface area contributed by atoms with Gasteiger partial charge in [-0.1, -0.05) is 36.1 Å². The van der Waals surface area contributed by atoms with Crippen LogP contribution in [0.5, 0.6) is 0 Å². The fraction of sp³-hybridized carbons (Fsp3) is 0.176. The molecule has 1 aromatic carbocycles. The maximum absolute atomic E-state index is 12.8. The highest BCUT2D eigenvalue weighted by atomic mass is 32.2. The van der Waals surface area contributed by atoms with Crippen LogP contribution >= 0.6 is 24.0 Å². The molecule has 2 heterocycles. The van der Waals surface area contributed by atoms with Crippen molar-refractivity contribution in [2.45, 2.75) is 13.1 Å². The third-order valence-electron chi connectivity index (χ3n) is 3.56. The molecule has 1 amide bonds.